The molecule has 3 aromatic rings. The molecule has 0 aliphatic carbocycles. The third-order valence-electron chi connectivity index (χ3n) is 4.84. The summed E-state index contributed by atoms with van der Waals surface area (Å²) in [5, 5.41) is 0. The molecular formula is C20H21N5O3. The Bertz CT molecular complexity index is 1040. The molecule has 8 nitrogen and oxygen atoms in total. The summed E-state index contributed by atoms with van der Waals surface area (Å²) in [4.78, 5) is 30.3. The van der Waals surface area contributed by atoms with E-state index < -0.39 is 0 Å². The van der Waals surface area contributed by atoms with Gasteiger partial charge in [-0.15, -0.1) is 0 Å². The van der Waals surface area contributed by atoms with E-state index in [2.05, 4.69) is 24.8 Å². The molecule has 8 heteroatoms. The second-order valence-electron chi connectivity index (χ2n) is 6.62. The number of methoxy groups -OCH3 is 2. The SMILES string of the molecule is COc1ccc(CN2CCc3c(nc(-c4cncnc4)[nH]c3=O)C2)cc1OC. The lowest BCUT2D eigenvalue weighted by molar-refractivity contribution is 0.240. The van der Waals surface area contributed by atoms with Gasteiger partial charge in [0.15, 0.2) is 11.5 Å². The fourth-order valence-corrected chi connectivity index (χ4v) is 3.42. The van der Waals surface area contributed by atoms with Gasteiger partial charge in [0.1, 0.15) is 12.2 Å². The van der Waals surface area contributed by atoms with E-state index in [9.17, 15) is 4.79 Å². The molecule has 1 aliphatic rings. The van der Waals surface area contributed by atoms with Crippen LogP contribution in [0.25, 0.3) is 11.4 Å². The molecule has 0 saturated heterocycles. The van der Waals surface area contributed by atoms with E-state index in [0.29, 0.717) is 35.9 Å². The largest absolute Gasteiger partial charge is 0.493 e. The predicted molar refractivity (Wildman–Crippen MR) is 103 cm³/mol. The highest BCUT2D eigenvalue weighted by Gasteiger charge is 2.22. The summed E-state index contributed by atoms with van der Waals surface area (Å²) in [5.74, 6) is 1.91. The van der Waals surface area contributed by atoms with Crippen molar-refractivity contribution in [2.75, 3.05) is 20.8 Å². The minimum Gasteiger partial charge on any atom is -0.493 e. The second-order valence-corrected chi connectivity index (χ2v) is 6.62. The number of aromatic nitrogens is 4. The molecule has 0 spiro atoms. The predicted octanol–water partition coefficient (Wildman–Crippen LogP) is 1.80. The van der Waals surface area contributed by atoms with E-state index in [0.717, 1.165) is 29.9 Å². The van der Waals surface area contributed by atoms with Gasteiger partial charge in [-0.05, 0) is 24.1 Å². The highest BCUT2D eigenvalue weighted by Crippen LogP contribution is 2.28. The number of H-pyrrole nitrogens is 1. The third kappa shape index (κ3) is 3.59. The monoisotopic (exact) mass is 379 g/mol. The molecule has 1 aliphatic heterocycles. The summed E-state index contributed by atoms with van der Waals surface area (Å²) in [6.45, 7) is 2.13. The minimum atomic E-state index is -0.0883. The number of hydrogen-bond donors (Lipinski definition) is 1. The number of fused-ring (bicyclic) bond motifs is 1. The quantitative estimate of drug-likeness (QED) is 0.722. The Hall–Kier alpha value is -3.26. The Labute approximate surface area is 162 Å². The van der Waals surface area contributed by atoms with Gasteiger partial charge >= 0.3 is 0 Å². The Morgan fingerprint density at radius 3 is 2.68 bits per heavy atom. The van der Waals surface area contributed by atoms with Crippen LogP contribution in [0.3, 0.4) is 0 Å². The fraction of sp³-hybridized carbons (Fsp3) is 0.300. The Morgan fingerprint density at radius 2 is 1.93 bits per heavy atom. The molecule has 3 heterocycles. The van der Waals surface area contributed by atoms with Crippen molar-refractivity contribution in [2.24, 2.45) is 0 Å². The van der Waals surface area contributed by atoms with E-state index in [4.69, 9.17) is 9.47 Å². The van der Waals surface area contributed by atoms with Crippen LogP contribution in [0.2, 0.25) is 0 Å². The van der Waals surface area contributed by atoms with Crippen molar-refractivity contribution in [2.45, 2.75) is 19.5 Å². The molecule has 0 radical (unpaired) electrons. The van der Waals surface area contributed by atoms with Gasteiger partial charge in [0.05, 0.1) is 25.5 Å². The first kappa shape index (κ1) is 18.1. The van der Waals surface area contributed by atoms with Crippen molar-refractivity contribution >= 4 is 0 Å². The highest BCUT2D eigenvalue weighted by atomic mass is 16.5. The zero-order valence-electron chi connectivity index (χ0n) is 15.8. The highest BCUT2D eigenvalue weighted by molar-refractivity contribution is 5.52. The lowest BCUT2D eigenvalue weighted by atomic mass is 10.0. The van der Waals surface area contributed by atoms with E-state index >= 15 is 0 Å². The average molecular weight is 379 g/mol. The molecule has 0 saturated carbocycles. The van der Waals surface area contributed by atoms with Gasteiger partial charge in [-0.2, -0.15) is 0 Å². The first-order chi connectivity index (χ1) is 13.7. The molecular weight excluding hydrogens is 358 g/mol. The van der Waals surface area contributed by atoms with Gasteiger partial charge in [-0.25, -0.2) is 15.0 Å². The van der Waals surface area contributed by atoms with Crippen LogP contribution >= 0.6 is 0 Å². The van der Waals surface area contributed by atoms with Gasteiger partial charge in [0.25, 0.3) is 5.56 Å². The first-order valence-electron chi connectivity index (χ1n) is 8.98. The summed E-state index contributed by atoms with van der Waals surface area (Å²) in [6.07, 6.45) is 5.39. The van der Waals surface area contributed by atoms with Crippen LogP contribution in [0.15, 0.2) is 41.7 Å². The van der Waals surface area contributed by atoms with Crippen molar-refractivity contribution in [3.05, 3.63) is 64.1 Å². The number of nitrogens with one attached hydrogen (secondary N) is 1. The average Bonchev–Trinajstić information content (AvgIpc) is 2.74. The summed E-state index contributed by atoms with van der Waals surface area (Å²) >= 11 is 0. The standard InChI is InChI=1S/C20H21N5O3/c1-27-17-4-3-13(7-18(17)28-2)10-25-6-5-15-16(11-25)23-19(24-20(15)26)14-8-21-12-22-9-14/h3-4,7-9,12H,5-6,10-11H2,1-2H3,(H,23,24,26). The van der Waals surface area contributed by atoms with Gasteiger partial charge in [0.2, 0.25) is 0 Å². The molecule has 0 fully saturated rings. The van der Waals surface area contributed by atoms with Gasteiger partial charge in [-0.3, -0.25) is 9.69 Å². The first-order valence-corrected chi connectivity index (χ1v) is 8.98. The third-order valence-corrected chi connectivity index (χ3v) is 4.84. The molecule has 0 bridgehead atoms. The normalized spacial score (nSPS) is 13.8. The molecule has 4 rings (SSSR count). The number of rotatable bonds is 5. The zero-order chi connectivity index (χ0) is 19.5. The van der Waals surface area contributed by atoms with Crippen LogP contribution in [0.5, 0.6) is 11.5 Å². The topological polar surface area (TPSA) is 93.2 Å². The van der Waals surface area contributed by atoms with Crippen molar-refractivity contribution < 1.29 is 9.47 Å². The lowest BCUT2D eigenvalue weighted by Gasteiger charge is -2.28. The fourth-order valence-electron chi connectivity index (χ4n) is 3.42. The smallest absolute Gasteiger partial charge is 0.254 e. The van der Waals surface area contributed by atoms with E-state index in [1.807, 2.05) is 18.2 Å². The molecule has 1 N–H and O–H groups in total. The van der Waals surface area contributed by atoms with E-state index in [1.165, 1.54) is 6.33 Å². The second kappa shape index (κ2) is 7.77. The Morgan fingerprint density at radius 1 is 1.14 bits per heavy atom. The van der Waals surface area contributed by atoms with Crippen molar-refractivity contribution in [1.29, 1.82) is 0 Å². The molecule has 0 atom stereocenters. The van der Waals surface area contributed by atoms with Crippen LogP contribution in [0.4, 0.5) is 0 Å². The number of aromatic amines is 1. The number of hydrogen-bond acceptors (Lipinski definition) is 7. The summed E-state index contributed by atoms with van der Waals surface area (Å²) < 4.78 is 10.7. The van der Waals surface area contributed by atoms with Crippen molar-refractivity contribution in [3.63, 3.8) is 0 Å². The van der Waals surface area contributed by atoms with E-state index in [-0.39, 0.29) is 5.56 Å². The molecule has 0 amide bonds. The molecule has 1 aromatic carbocycles. The Balaban J connectivity index is 1.58. The maximum Gasteiger partial charge on any atom is 0.254 e. The lowest BCUT2D eigenvalue weighted by Crippen LogP contribution is -2.35. The summed E-state index contributed by atoms with van der Waals surface area (Å²) in [6, 6.07) is 5.91. The van der Waals surface area contributed by atoms with Crippen LogP contribution < -0.4 is 15.0 Å². The molecule has 28 heavy (non-hydrogen) atoms. The Kier molecular flexibility index (Phi) is 5.03. The summed E-state index contributed by atoms with van der Waals surface area (Å²) in [5.41, 5.74) is 3.27. The van der Waals surface area contributed by atoms with E-state index in [1.54, 1.807) is 26.6 Å². The maximum atomic E-state index is 12.5. The van der Waals surface area contributed by atoms with Gasteiger partial charge in [-0.1, -0.05) is 6.07 Å². The van der Waals surface area contributed by atoms with Crippen LogP contribution in [0, 0.1) is 0 Å². The number of benzene rings is 1. The maximum absolute atomic E-state index is 12.5. The van der Waals surface area contributed by atoms with Crippen LogP contribution in [-0.4, -0.2) is 45.6 Å². The van der Waals surface area contributed by atoms with Crippen LogP contribution in [-0.2, 0) is 19.5 Å². The van der Waals surface area contributed by atoms with Crippen molar-refractivity contribution in [1.82, 2.24) is 24.8 Å². The zero-order valence-corrected chi connectivity index (χ0v) is 15.8. The number of nitrogens with zero attached hydrogens (tertiary/aromatic N) is 4. The van der Waals surface area contributed by atoms with Crippen molar-refractivity contribution in [3.8, 4) is 22.9 Å². The van der Waals surface area contributed by atoms with Gasteiger partial charge < -0.3 is 14.5 Å². The number of ether oxygens (including phenoxy) is 2. The molecule has 0 unspecified atom stereocenters. The minimum absolute atomic E-state index is 0.0883. The summed E-state index contributed by atoms with van der Waals surface area (Å²) in [7, 11) is 3.25. The molecule has 2 aromatic heterocycles. The molecule has 144 valence electrons. The van der Waals surface area contributed by atoms with Gasteiger partial charge in [0, 0.05) is 37.6 Å². The van der Waals surface area contributed by atoms with Crippen LogP contribution in [0.1, 0.15) is 16.8 Å².